The summed E-state index contributed by atoms with van der Waals surface area (Å²) in [4.78, 5) is 12.0. The number of hydrogen-bond acceptors (Lipinski definition) is 1. The van der Waals surface area contributed by atoms with Gasteiger partial charge in [-0.1, -0.05) is 56.9 Å². The third kappa shape index (κ3) is 4.65. The Kier molecular flexibility index (Phi) is 5.14. The third-order valence-electron chi connectivity index (χ3n) is 3.65. The summed E-state index contributed by atoms with van der Waals surface area (Å²) in [5, 5.41) is 3.08. The molecule has 2 unspecified atom stereocenters. The summed E-state index contributed by atoms with van der Waals surface area (Å²) in [5.74, 6) is 0.168. The van der Waals surface area contributed by atoms with Crippen LogP contribution >= 0.6 is 0 Å². The Morgan fingerprint density at radius 2 is 1.72 bits per heavy atom. The molecule has 2 atom stereocenters. The molecule has 0 fully saturated rings. The molecule has 0 aliphatic carbocycles. The van der Waals surface area contributed by atoms with Gasteiger partial charge >= 0.3 is 0 Å². The molecule has 0 radical (unpaired) electrons. The molecular weight excluding hydrogens is 238 g/mol. The first kappa shape index (κ1) is 15.0. The van der Waals surface area contributed by atoms with Gasteiger partial charge in [0.25, 0.3) is 0 Å². The number of carbonyl (C=O) groups is 1. The van der Waals surface area contributed by atoms with E-state index in [-0.39, 0.29) is 11.9 Å². The summed E-state index contributed by atoms with van der Waals surface area (Å²) in [6.45, 7) is 11.2. The summed E-state index contributed by atoms with van der Waals surface area (Å²) < 4.78 is 0. The van der Waals surface area contributed by atoms with Gasteiger partial charge in [-0.3, -0.25) is 4.79 Å². The van der Waals surface area contributed by atoms with Crippen LogP contribution in [0, 0.1) is 0 Å². The Hall–Kier alpha value is -1.09. The molecule has 1 aromatic rings. The molecule has 0 saturated heterocycles. The van der Waals surface area contributed by atoms with Crippen LogP contribution < -0.4 is 5.32 Å². The summed E-state index contributed by atoms with van der Waals surface area (Å²) >= 11 is 0. The highest BCUT2D eigenvalue weighted by Crippen LogP contribution is 2.24. The van der Waals surface area contributed by atoms with Crippen LogP contribution in [0.25, 0.3) is 0 Å². The summed E-state index contributed by atoms with van der Waals surface area (Å²) in [5.41, 5.74) is 1.67. The van der Waals surface area contributed by atoms with Crippen molar-refractivity contribution in [1.29, 1.82) is 0 Å². The topological polar surface area (TPSA) is 29.1 Å². The minimum Gasteiger partial charge on any atom is -0.350 e. The van der Waals surface area contributed by atoms with Crippen LogP contribution in [0.5, 0.6) is 0 Å². The van der Waals surface area contributed by atoms with E-state index >= 15 is 0 Å². The van der Waals surface area contributed by atoms with Crippen LogP contribution in [0.15, 0.2) is 30.3 Å². The van der Waals surface area contributed by atoms with Gasteiger partial charge in [0.05, 0.1) is 6.04 Å². The lowest BCUT2D eigenvalue weighted by Crippen LogP contribution is -2.33. The molecule has 0 aliphatic heterocycles. The van der Waals surface area contributed by atoms with Crippen molar-refractivity contribution < 1.29 is 4.79 Å². The lowest BCUT2D eigenvalue weighted by Gasteiger charge is -2.25. The molecule has 0 bridgehead atoms. The van der Waals surface area contributed by atoms with Crippen LogP contribution in [0.1, 0.15) is 31.9 Å². The van der Waals surface area contributed by atoms with E-state index in [2.05, 4.69) is 31.9 Å². The van der Waals surface area contributed by atoms with Gasteiger partial charge in [-0.2, -0.15) is 0 Å². The van der Waals surface area contributed by atoms with Crippen molar-refractivity contribution in [3.8, 4) is 0 Å². The number of benzene rings is 1. The van der Waals surface area contributed by atoms with Crippen LogP contribution in [-0.2, 0) is 4.79 Å². The van der Waals surface area contributed by atoms with Crippen LogP contribution in [0.3, 0.4) is 0 Å². The fourth-order valence-electron chi connectivity index (χ4n) is 1.71. The average Bonchev–Trinajstić information content (AvgIpc) is 2.28. The van der Waals surface area contributed by atoms with Gasteiger partial charge in [-0.25, -0.2) is 0 Å². The summed E-state index contributed by atoms with van der Waals surface area (Å²) in [7, 11) is -1.21. The Morgan fingerprint density at radius 3 is 2.22 bits per heavy atom. The molecule has 1 aromatic carbocycles. The predicted molar refractivity (Wildman–Crippen MR) is 80.4 cm³/mol. The maximum Gasteiger partial charge on any atom is 0.220 e. The van der Waals surface area contributed by atoms with Gasteiger partial charge in [0.2, 0.25) is 5.91 Å². The summed E-state index contributed by atoms with van der Waals surface area (Å²) in [6, 6.07) is 10.2. The first-order valence-electron chi connectivity index (χ1n) is 6.65. The van der Waals surface area contributed by atoms with Crippen molar-refractivity contribution in [1.82, 2.24) is 5.32 Å². The van der Waals surface area contributed by atoms with Crippen molar-refractivity contribution in [2.24, 2.45) is 0 Å². The first-order valence-corrected chi connectivity index (χ1v) is 10.2. The van der Waals surface area contributed by atoms with Gasteiger partial charge in [0, 0.05) is 14.5 Å². The first-order chi connectivity index (χ1) is 8.30. The molecular formula is C15H25NOSi. The maximum absolute atomic E-state index is 12.0. The van der Waals surface area contributed by atoms with Crippen molar-refractivity contribution in [3.05, 3.63) is 35.9 Å². The van der Waals surface area contributed by atoms with Crippen LogP contribution in [0.4, 0.5) is 0 Å². The highest BCUT2D eigenvalue weighted by atomic mass is 28.3. The zero-order valence-corrected chi connectivity index (χ0v) is 13.2. The van der Waals surface area contributed by atoms with Gasteiger partial charge in [0.15, 0.2) is 0 Å². The largest absolute Gasteiger partial charge is 0.350 e. The Labute approximate surface area is 112 Å². The second-order valence-electron chi connectivity index (χ2n) is 6.17. The lowest BCUT2D eigenvalue weighted by atomic mass is 10.1. The van der Waals surface area contributed by atoms with Crippen LogP contribution in [0.2, 0.25) is 25.2 Å². The monoisotopic (exact) mass is 263 g/mol. The molecule has 1 rings (SSSR count). The van der Waals surface area contributed by atoms with Crippen molar-refractivity contribution in [2.45, 2.75) is 51.5 Å². The molecule has 1 amide bonds. The van der Waals surface area contributed by atoms with Crippen LogP contribution in [-0.4, -0.2) is 14.0 Å². The predicted octanol–water partition coefficient (Wildman–Crippen LogP) is 3.98. The van der Waals surface area contributed by atoms with Gasteiger partial charge in [-0.15, -0.1) is 0 Å². The minimum absolute atomic E-state index is 0.0903. The number of nitrogens with one attached hydrogen (secondary N) is 1. The molecule has 0 spiro atoms. The SMILES string of the molecule is CC(NC(=O)CC(C)[Si](C)(C)C)c1ccccc1. The normalized spacial score (nSPS) is 14.9. The number of rotatable bonds is 5. The van der Waals surface area contributed by atoms with Crippen molar-refractivity contribution >= 4 is 14.0 Å². The molecule has 0 aromatic heterocycles. The van der Waals surface area contributed by atoms with Gasteiger partial charge < -0.3 is 5.32 Å². The molecule has 0 heterocycles. The van der Waals surface area contributed by atoms with E-state index in [0.29, 0.717) is 12.0 Å². The molecule has 18 heavy (non-hydrogen) atoms. The zero-order valence-electron chi connectivity index (χ0n) is 12.2. The van der Waals surface area contributed by atoms with E-state index in [1.165, 1.54) is 0 Å². The van der Waals surface area contributed by atoms with Crippen molar-refractivity contribution in [3.63, 3.8) is 0 Å². The van der Waals surface area contributed by atoms with Gasteiger partial charge in [0.1, 0.15) is 0 Å². The third-order valence-corrected chi connectivity index (χ3v) is 6.81. The molecule has 3 heteroatoms. The molecule has 2 nitrogen and oxygen atoms in total. The molecule has 0 saturated carbocycles. The van der Waals surface area contributed by atoms with Gasteiger partial charge in [-0.05, 0) is 18.0 Å². The Balaban J connectivity index is 2.51. The fourth-order valence-corrected chi connectivity index (χ4v) is 2.51. The van der Waals surface area contributed by atoms with Crippen molar-refractivity contribution in [2.75, 3.05) is 0 Å². The molecule has 0 aliphatic rings. The second-order valence-corrected chi connectivity index (χ2v) is 11.9. The minimum atomic E-state index is -1.21. The van der Waals surface area contributed by atoms with E-state index in [0.717, 1.165) is 5.56 Å². The maximum atomic E-state index is 12.0. The number of hydrogen-bond donors (Lipinski definition) is 1. The van der Waals surface area contributed by atoms with E-state index in [9.17, 15) is 4.79 Å². The fraction of sp³-hybridized carbons (Fsp3) is 0.533. The van der Waals surface area contributed by atoms with E-state index in [4.69, 9.17) is 0 Å². The Bertz CT molecular complexity index is 383. The average molecular weight is 263 g/mol. The highest BCUT2D eigenvalue weighted by molar-refractivity contribution is 6.77. The zero-order chi connectivity index (χ0) is 13.8. The smallest absolute Gasteiger partial charge is 0.220 e. The highest BCUT2D eigenvalue weighted by Gasteiger charge is 2.24. The molecule has 100 valence electrons. The Morgan fingerprint density at radius 1 is 1.17 bits per heavy atom. The second kappa shape index (κ2) is 6.18. The number of amides is 1. The molecule has 1 N–H and O–H groups in total. The van der Waals surface area contributed by atoms with E-state index < -0.39 is 8.07 Å². The van der Waals surface area contributed by atoms with E-state index in [1.807, 2.05) is 37.3 Å². The number of carbonyl (C=O) groups excluding carboxylic acids is 1. The standard InChI is InChI=1S/C15H25NOSi/c1-12(18(3,4)5)11-15(17)16-13(2)14-9-7-6-8-10-14/h6-10,12-13H,11H2,1-5H3,(H,16,17). The van der Waals surface area contributed by atoms with E-state index in [1.54, 1.807) is 0 Å². The lowest BCUT2D eigenvalue weighted by molar-refractivity contribution is -0.121. The summed E-state index contributed by atoms with van der Waals surface area (Å²) in [6.07, 6.45) is 0.646. The quantitative estimate of drug-likeness (QED) is 0.800.